The second-order valence-electron chi connectivity index (χ2n) is 14.3. The third kappa shape index (κ3) is 17.0. The zero-order valence-electron chi connectivity index (χ0n) is 35.9. The van der Waals surface area contributed by atoms with Crippen LogP contribution in [0.3, 0.4) is 0 Å². The minimum absolute atomic E-state index is 0.0321. The molecule has 342 valence electrons. The summed E-state index contributed by atoms with van der Waals surface area (Å²) in [6.07, 6.45) is -1.44. The SMILES string of the molecule is CCOC(=O)CNC(=O)NC(C(=O)NC(C(=O)c1ccccc1)C(C)C(OP(=O)(O)O)C(NC(=O)C(NC(=O)NCC(=O)OCC)C(C)CC)C(=O)c1ccccc1)C(C)CC. The Hall–Kier alpha value is -5.69. The van der Waals surface area contributed by atoms with Crippen LogP contribution in [0.2, 0.25) is 0 Å². The first-order chi connectivity index (χ1) is 29.3. The van der Waals surface area contributed by atoms with Gasteiger partial charge in [0.15, 0.2) is 11.6 Å². The molecule has 8 atom stereocenters. The minimum Gasteiger partial charge on any atom is -0.465 e. The van der Waals surface area contributed by atoms with Crippen molar-refractivity contribution >= 4 is 55.2 Å². The molecule has 0 fully saturated rings. The number of benzene rings is 2. The number of phosphoric ester groups is 1. The maximum atomic E-state index is 14.5. The molecule has 0 spiro atoms. The molecule has 2 aromatic rings. The lowest BCUT2D eigenvalue weighted by Crippen LogP contribution is -2.62. The molecular weight excluding hydrogens is 831 g/mol. The van der Waals surface area contributed by atoms with Gasteiger partial charge in [0.2, 0.25) is 11.8 Å². The fourth-order valence-electron chi connectivity index (χ4n) is 6.11. The summed E-state index contributed by atoms with van der Waals surface area (Å²) in [5, 5.41) is 14.7. The van der Waals surface area contributed by atoms with E-state index in [4.69, 9.17) is 14.0 Å². The summed E-state index contributed by atoms with van der Waals surface area (Å²) >= 11 is 0. The summed E-state index contributed by atoms with van der Waals surface area (Å²) in [6, 6.07) is 6.49. The van der Waals surface area contributed by atoms with Gasteiger partial charge in [0, 0.05) is 17.0 Å². The van der Waals surface area contributed by atoms with Gasteiger partial charge < -0.3 is 51.2 Å². The van der Waals surface area contributed by atoms with E-state index in [1.807, 2.05) is 0 Å². The summed E-state index contributed by atoms with van der Waals surface area (Å²) in [5.74, 6) is -7.90. The molecule has 0 aromatic heterocycles. The molecule has 2 aromatic carbocycles. The molecule has 8 N–H and O–H groups in total. The molecule has 8 unspecified atom stereocenters. The summed E-state index contributed by atoms with van der Waals surface area (Å²) in [5.41, 5.74) is -0.0148. The van der Waals surface area contributed by atoms with E-state index in [2.05, 4.69) is 31.9 Å². The van der Waals surface area contributed by atoms with Gasteiger partial charge in [0.25, 0.3) is 0 Å². The van der Waals surface area contributed by atoms with Crippen molar-refractivity contribution in [2.45, 2.75) is 91.6 Å². The number of amides is 6. The highest BCUT2D eigenvalue weighted by molar-refractivity contribution is 7.46. The lowest BCUT2D eigenvalue weighted by atomic mass is 9.83. The van der Waals surface area contributed by atoms with E-state index >= 15 is 0 Å². The zero-order valence-corrected chi connectivity index (χ0v) is 36.8. The first kappa shape index (κ1) is 52.4. The van der Waals surface area contributed by atoms with Gasteiger partial charge >= 0.3 is 31.8 Å². The Morgan fingerprint density at radius 2 is 0.935 bits per heavy atom. The standard InChI is InChI=1S/C41H59N6O14P/c1-8-24(5)31(46-40(54)42-22-29(48)59-10-3)38(52)44-33(35(50)27-18-14-12-15-19-27)26(7)37(61-62(56,57)58)34(36(51)28-20-16-13-17-21-28)45-39(53)32(25(6)9-2)47-41(55)43-23-30(49)60-11-4/h12-21,24-26,31-34,37H,8-11,22-23H2,1-7H3,(H,44,52)(H,45,53)(H2,42,46,54)(H2,43,47,55)(H2,56,57,58). The van der Waals surface area contributed by atoms with Crippen LogP contribution >= 0.6 is 7.82 Å². The van der Waals surface area contributed by atoms with E-state index in [0.29, 0.717) is 12.8 Å². The molecule has 0 bridgehead atoms. The Balaban J connectivity index is 2.74. The van der Waals surface area contributed by atoms with Gasteiger partial charge in [-0.25, -0.2) is 14.2 Å². The Bertz CT molecular complexity index is 1880. The van der Waals surface area contributed by atoms with Crippen molar-refractivity contribution in [3.8, 4) is 0 Å². The number of urea groups is 2. The summed E-state index contributed by atoms with van der Waals surface area (Å²) in [6.45, 7) is 10.2. The first-order valence-corrected chi connectivity index (χ1v) is 21.7. The molecule has 0 saturated heterocycles. The van der Waals surface area contributed by atoms with Crippen LogP contribution < -0.4 is 31.9 Å². The number of carbonyl (C=O) groups excluding carboxylic acids is 8. The van der Waals surface area contributed by atoms with Crippen LogP contribution in [0.5, 0.6) is 0 Å². The van der Waals surface area contributed by atoms with Gasteiger partial charge in [-0.05, 0) is 25.7 Å². The van der Waals surface area contributed by atoms with Crippen molar-refractivity contribution in [3.05, 3.63) is 71.8 Å². The number of ether oxygens (including phenoxy) is 2. The maximum Gasteiger partial charge on any atom is 0.469 e. The number of nitrogens with one attached hydrogen (secondary N) is 6. The fraction of sp³-hybridized carbons (Fsp3) is 0.512. The quantitative estimate of drug-likeness (QED) is 0.0404. The molecule has 6 amide bonds. The largest absolute Gasteiger partial charge is 0.469 e. The molecular formula is C41H59N6O14P. The van der Waals surface area contributed by atoms with E-state index in [1.165, 1.54) is 55.5 Å². The second kappa shape index (κ2) is 25.9. The third-order valence-electron chi connectivity index (χ3n) is 9.87. The number of phosphoric acid groups is 1. The Kier molecular flexibility index (Phi) is 21.9. The number of hydrogen-bond acceptors (Lipinski definition) is 12. The maximum absolute atomic E-state index is 14.5. The topological polar surface area (TPSA) is 294 Å². The van der Waals surface area contributed by atoms with Crippen molar-refractivity contribution in [2.24, 2.45) is 17.8 Å². The molecule has 0 aliphatic rings. The molecule has 0 aliphatic heterocycles. The number of ketones is 2. The van der Waals surface area contributed by atoms with Crippen molar-refractivity contribution < 1.29 is 66.7 Å². The van der Waals surface area contributed by atoms with Crippen LogP contribution in [0, 0.1) is 17.8 Å². The lowest BCUT2D eigenvalue weighted by molar-refractivity contribution is -0.142. The number of hydrogen-bond donors (Lipinski definition) is 8. The number of esters is 2. The van der Waals surface area contributed by atoms with E-state index in [9.17, 15) is 52.7 Å². The molecule has 0 aliphatic carbocycles. The smallest absolute Gasteiger partial charge is 0.465 e. The van der Waals surface area contributed by atoms with Crippen LogP contribution in [0.15, 0.2) is 60.7 Å². The van der Waals surface area contributed by atoms with Gasteiger partial charge in [-0.2, -0.15) is 0 Å². The molecule has 2 rings (SSSR count). The predicted molar refractivity (Wildman–Crippen MR) is 224 cm³/mol. The van der Waals surface area contributed by atoms with E-state index in [-0.39, 0.29) is 24.3 Å². The molecule has 0 radical (unpaired) electrons. The molecule has 21 heteroatoms. The van der Waals surface area contributed by atoms with Crippen LogP contribution in [0.4, 0.5) is 9.59 Å². The molecule has 20 nitrogen and oxygen atoms in total. The lowest BCUT2D eigenvalue weighted by Gasteiger charge is -2.37. The van der Waals surface area contributed by atoms with E-state index in [0.717, 1.165) is 0 Å². The Morgan fingerprint density at radius 1 is 0.565 bits per heavy atom. The van der Waals surface area contributed by atoms with Crippen molar-refractivity contribution in [1.82, 2.24) is 31.9 Å². The zero-order chi connectivity index (χ0) is 46.6. The van der Waals surface area contributed by atoms with Crippen molar-refractivity contribution in [1.29, 1.82) is 0 Å². The third-order valence-corrected chi connectivity index (χ3v) is 10.4. The highest BCUT2D eigenvalue weighted by Gasteiger charge is 2.46. The summed E-state index contributed by atoms with van der Waals surface area (Å²) in [4.78, 5) is 128. The molecule has 62 heavy (non-hydrogen) atoms. The molecule has 0 heterocycles. The highest BCUT2D eigenvalue weighted by Crippen LogP contribution is 2.41. The second-order valence-corrected chi connectivity index (χ2v) is 15.5. The Labute approximate surface area is 360 Å². The summed E-state index contributed by atoms with van der Waals surface area (Å²) in [7, 11) is -5.61. The fourth-order valence-corrected chi connectivity index (χ4v) is 6.74. The minimum atomic E-state index is -5.61. The van der Waals surface area contributed by atoms with Gasteiger partial charge in [-0.3, -0.25) is 33.3 Å². The number of rotatable bonds is 25. The van der Waals surface area contributed by atoms with Crippen LogP contribution in [-0.2, 0) is 37.7 Å². The van der Waals surface area contributed by atoms with E-state index < -0.39 is 116 Å². The number of Topliss-reactive ketones (excluding diaryl/α,β-unsaturated/α-hetero) is 2. The van der Waals surface area contributed by atoms with Crippen molar-refractivity contribution in [3.63, 3.8) is 0 Å². The van der Waals surface area contributed by atoms with Gasteiger partial charge in [-0.1, -0.05) is 108 Å². The first-order valence-electron chi connectivity index (χ1n) is 20.2. The van der Waals surface area contributed by atoms with Crippen LogP contribution in [0.1, 0.15) is 82.0 Å². The predicted octanol–water partition coefficient (Wildman–Crippen LogP) is 2.39. The van der Waals surface area contributed by atoms with Crippen LogP contribution in [-0.4, -0.2) is 114 Å². The monoisotopic (exact) mass is 890 g/mol. The highest BCUT2D eigenvalue weighted by atomic mass is 31.2. The normalized spacial score (nSPS) is 15.0. The average Bonchev–Trinajstić information content (AvgIpc) is 3.25. The van der Waals surface area contributed by atoms with Gasteiger partial charge in [-0.15, -0.1) is 0 Å². The van der Waals surface area contributed by atoms with Crippen molar-refractivity contribution in [2.75, 3.05) is 26.3 Å². The van der Waals surface area contributed by atoms with Crippen LogP contribution in [0.25, 0.3) is 0 Å². The average molecular weight is 891 g/mol. The Morgan fingerprint density at radius 3 is 1.29 bits per heavy atom. The number of carbonyl (C=O) groups is 8. The van der Waals surface area contributed by atoms with E-state index in [1.54, 1.807) is 53.7 Å². The summed E-state index contributed by atoms with van der Waals surface area (Å²) < 4.78 is 27.7. The van der Waals surface area contributed by atoms with Gasteiger partial charge in [0.1, 0.15) is 37.3 Å². The van der Waals surface area contributed by atoms with Gasteiger partial charge in [0.05, 0.1) is 19.3 Å². The molecule has 0 saturated carbocycles.